The van der Waals surface area contributed by atoms with Gasteiger partial charge < -0.3 is 20.1 Å². The zero-order chi connectivity index (χ0) is 27.8. The molecule has 2 N–H and O–H groups in total. The average Bonchev–Trinajstić information content (AvgIpc) is 3.69. The Bertz CT molecular complexity index is 1700. The Morgan fingerprint density at radius 3 is 2.71 bits per heavy atom. The largest absolute Gasteiger partial charge is 0.383 e. The summed E-state index contributed by atoms with van der Waals surface area (Å²) in [6, 6.07) is 11.2. The van der Waals surface area contributed by atoms with Crippen molar-refractivity contribution in [3.8, 4) is 5.69 Å². The van der Waals surface area contributed by atoms with E-state index in [1.807, 2.05) is 12.4 Å². The van der Waals surface area contributed by atoms with Crippen LogP contribution in [0.1, 0.15) is 48.3 Å². The summed E-state index contributed by atoms with van der Waals surface area (Å²) in [7, 11) is 0. The number of nitrogen functional groups attached to an aromatic ring is 1. The quantitative estimate of drug-likeness (QED) is 0.303. The number of benzene rings is 1. The molecule has 41 heavy (non-hydrogen) atoms. The normalized spacial score (nSPS) is 17.6. The first-order valence-electron chi connectivity index (χ1n) is 14.6. The molecule has 2 aliphatic rings. The first kappa shape index (κ1) is 25.9. The van der Waals surface area contributed by atoms with Crippen LogP contribution in [0.3, 0.4) is 0 Å². The molecule has 2 saturated heterocycles. The number of rotatable bonds is 7. The first-order chi connectivity index (χ1) is 20.2. The fraction of sp³-hybridized carbons (Fsp3) is 0.375. The number of ether oxygens (including phenoxy) is 2. The summed E-state index contributed by atoms with van der Waals surface area (Å²) in [6.45, 7) is 6.30. The van der Waals surface area contributed by atoms with Crippen molar-refractivity contribution in [1.29, 1.82) is 0 Å². The first-order valence-corrected chi connectivity index (χ1v) is 14.6. The molecule has 0 spiro atoms. The molecule has 2 aliphatic heterocycles. The summed E-state index contributed by atoms with van der Waals surface area (Å²) in [6.07, 6.45) is 12.1. The second kappa shape index (κ2) is 11.1. The number of aryl methyl sites for hydroxylation is 3. The molecule has 5 aromatic rings. The van der Waals surface area contributed by atoms with Crippen molar-refractivity contribution in [3.05, 3.63) is 77.6 Å². The van der Waals surface area contributed by atoms with Crippen LogP contribution in [0.25, 0.3) is 27.6 Å². The van der Waals surface area contributed by atoms with Crippen LogP contribution in [0.15, 0.2) is 55.2 Å². The second-order valence-corrected chi connectivity index (χ2v) is 10.9. The predicted octanol–water partition coefficient (Wildman–Crippen LogP) is 4.98. The maximum atomic E-state index is 6.32. The van der Waals surface area contributed by atoms with Gasteiger partial charge >= 0.3 is 0 Å². The summed E-state index contributed by atoms with van der Waals surface area (Å²) in [4.78, 5) is 20.9. The van der Waals surface area contributed by atoms with Crippen LogP contribution in [0, 0.1) is 0 Å². The molecule has 1 atom stereocenters. The summed E-state index contributed by atoms with van der Waals surface area (Å²) in [5.74, 6) is 0.483. The van der Waals surface area contributed by atoms with E-state index in [2.05, 4.69) is 67.9 Å². The lowest BCUT2D eigenvalue weighted by Gasteiger charge is -2.30. The highest BCUT2D eigenvalue weighted by Gasteiger charge is 2.25. The molecule has 2 fully saturated rings. The van der Waals surface area contributed by atoms with E-state index < -0.39 is 0 Å². The minimum absolute atomic E-state index is 0.0155. The van der Waals surface area contributed by atoms with Crippen molar-refractivity contribution >= 4 is 33.4 Å². The Kier molecular flexibility index (Phi) is 6.98. The minimum Gasteiger partial charge on any atom is -0.383 e. The molecule has 1 unspecified atom stereocenters. The average molecular weight is 550 g/mol. The summed E-state index contributed by atoms with van der Waals surface area (Å²) in [5, 5.41) is 2.08. The molecule has 1 aromatic carbocycles. The standard InChI is InChI=1S/C32H35N7O2/c1-2-23-16-28(38-9-12-40-13-10-38)25-8-7-21(15-27(25)37-23)5-6-22-14-24(18-34-17-22)39-19-26(29-4-3-11-41-29)30-31(33)35-20-36-32(30)39/h7-8,14-20,29H,2-6,9-13H2,1H3,(H2,33,35,36). The molecule has 210 valence electrons. The maximum Gasteiger partial charge on any atom is 0.150 e. The Morgan fingerprint density at radius 1 is 1.00 bits per heavy atom. The number of aromatic nitrogens is 5. The number of nitrogens with zero attached hydrogens (tertiary/aromatic N) is 6. The highest BCUT2D eigenvalue weighted by atomic mass is 16.5. The maximum absolute atomic E-state index is 6.32. The minimum atomic E-state index is 0.0155. The van der Waals surface area contributed by atoms with Crippen LogP contribution in [-0.2, 0) is 28.7 Å². The third-order valence-corrected chi connectivity index (χ3v) is 8.30. The van der Waals surface area contributed by atoms with Crippen molar-refractivity contribution in [2.75, 3.05) is 43.5 Å². The van der Waals surface area contributed by atoms with E-state index in [0.29, 0.717) is 5.82 Å². The van der Waals surface area contributed by atoms with E-state index in [1.54, 1.807) is 0 Å². The molecule has 0 amide bonds. The van der Waals surface area contributed by atoms with Crippen LogP contribution < -0.4 is 10.6 Å². The summed E-state index contributed by atoms with van der Waals surface area (Å²) >= 11 is 0. The number of pyridine rings is 2. The molecule has 0 aliphatic carbocycles. The number of nitrogens with two attached hydrogens (primary N) is 1. The molecule has 0 bridgehead atoms. The van der Waals surface area contributed by atoms with Gasteiger partial charge in [-0.05, 0) is 61.4 Å². The number of anilines is 2. The van der Waals surface area contributed by atoms with E-state index in [0.717, 1.165) is 104 Å². The Morgan fingerprint density at radius 2 is 1.88 bits per heavy atom. The van der Waals surface area contributed by atoms with Crippen LogP contribution in [-0.4, -0.2) is 57.4 Å². The van der Waals surface area contributed by atoms with E-state index in [9.17, 15) is 0 Å². The number of fused-ring (bicyclic) bond motifs is 2. The lowest BCUT2D eigenvalue weighted by Crippen LogP contribution is -2.36. The van der Waals surface area contributed by atoms with E-state index in [-0.39, 0.29) is 6.10 Å². The fourth-order valence-electron chi connectivity index (χ4n) is 6.12. The van der Waals surface area contributed by atoms with E-state index in [1.165, 1.54) is 23.0 Å². The van der Waals surface area contributed by atoms with Gasteiger partial charge in [-0.2, -0.15) is 0 Å². The van der Waals surface area contributed by atoms with Gasteiger partial charge in [-0.15, -0.1) is 0 Å². The van der Waals surface area contributed by atoms with Gasteiger partial charge in [0.25, 0.3) is 0 Å². The molecular formula is C32H35N7O2. The molecule has 9 heteroatoms. The van der Waals surface area contributed by atoms with Gasteiger partial charge in [0.05, 0.1) is 42.1 Å². The van der Waals surface area contributed by atoms with Gasteiger partial charge in [0.15, 0.2) is 0 Å². The van der Waals surface area contributed by atoms with Gasteiger partial charge in [0.1, 0.15) is 17.8 Å². The highest BCUT2D eigenvalue weighted by Crippen LogP contribution is 2.37. The zero-order valence-electron chi connectivity index (χ0n) is 23.4. The van der Waals surface area contributed by atoms with Crippen LogP contribution in [0.4, 0.5) is 11.5 Å². The van der Waals surface area contributed by atoms with Gasteiger partial charge in [-0.3, -0.25) is 14.5 Å². The smallest absolute Gasteiger partial charge is 0.150 e. The monoisotopic (exact) mass is 549 g/mol. The van der Waals surface area contributed by atoms with Gasteiger partial charge in [-0.25, -0.2) is 9.97 Å². The van der Waals surface area contributed by atoms with E-state index >= 15 is 0 Å². The highest BCUT2D eigenvalue weighted by molar-refractivity contribution is 5.93. The fourth-order valence-corrected chi connectivity index (χ4v) is 6.12. The Hall–Kier alpha value is -4.08. The zero-order valence-corrected chi connectivity index (χ0v) is 23.4. The van der Waals surface area contributed by atoms with Crippen LogP contribution in [0.5, 0.6) is 0 Å². The summed E-state index contributed by atoms with van der Waals surface area (Å²) < 4.78 is 13.7. The SMILES string of the molecule is CCc1cc(N2CCOCC2)c2ccc(CCc3cncc(-n4cc(C5CCCO5)c5c(N)ncnc54)c3)cc2n1. The van der Waals surface area contributed by atoms with Gasteiger partial charge in [0, 0.05) is 54.4 Å². The summed E-state index contributed by atoms with van der Waals surface area (Å²) in [5.41, 5.74) is 15.0. The van der Waals surface area contributed by atoms with Crippen molar-refractivity contribution in [1.82, 2.24) is 24.5 Å². The van der Waals surface area contributed by atoms with Crippen LogP contribution in [0.2, 0.25) is 0 Å². The second-order valence-electron chi connectivity index (χ2n) is 10.9. The molecule has 7 rings (SSSR count). The van der Waals surface area contributed by atoms with Crippen molar-refractivity contribution in [3.63, 3.8) is 0 Å². The van der Waals surface area contributed by atoms with Crippen molar-refractivity contribution < 1.29 is 9.47 Å². The molecule has 0 radical (unpaired) electrons. The molecule has 9 nitrogen and oxygen atoms in total. The Balaban J connectivity index is 1.16. The number of hydrogen-bond acceptors (Lipinski definition) is 8. The lowest BCUT2D eigenvalue weighted by molar-refractivity contribution is 0.113. The molecule has 4 aromatic heterocycles. The number of hydrogen-bond donors (Lipinski definition) is 1. The van der Waals surface area contributed by atoms with Crippen molar-refractivity contribution in [2.24, 2.45) is 0 Å². The molecule has 0 saturated carbocycles. The van der Waals surface area contributed by atoms with Crippen LogP contribution >= 0.6 is 0 Å². The molecular weight excluding hydrogens is 514 g/mol. The van der Waals surface area contributed by atoms with Crippen molar-refractivity contribution in [2.45, 2.75) is 45.1 Å². The predicted molar refractivity (Wildman–Crippen MR) is 161 cm³/mol. The Labute approximate surface area is 239 Å². The topological polar surface area (TPSA) is 104 Å². The molecule has 6 heterocycles. The van der Waals surface area contributed by atoms with Gasteiger partial charge in [0.2, 0.25) is 0 Å². The van der Waals surface area contributed by atoms with E-state index in [4.69, 9.17) is 20.2 Å². The number of morpholine rings is 1. The third kappa shape index (κ3) is 5.00. The van der Waals surface area contributed by atoms with Gasteiger partial charge in [-0.1, -0.05) is 19.1 Å². The lowest BCUT2D eigenvalue weighted by atomic mass is 10.0. The third-order valence-electron chi connectivity index (χ3n) is 8.30.